The van der Waals surface area contributed by atoms with Gasteiger partial charge in [-0.3, -0.25) is 0 Å². The Labute approximate surface area is 396 Å². The topological polar surface area (TPSA) is 279 Å². The first-order valence-corrected chi connectivity index (χ1v) is 19.6. The van der Waals surface area contributed by atoms with E-state index in [1.54, 1.807) is 24.8 Å². The van der Waals surface area contributed by atoms with Gasteiger partial charge in [-0.05, 0) is 92.1 Å². The van der Waals surface area contributed by atoms with Gasteiger partial charge in [0.25, 0.3) is 0 Å². The van der Waals surface area contributed by atoms with Gasteiger partial charge < -0.3 is 77.7 Å². The fourth-order valence-corrected chi connectivity index (χ4v) is 4.53. The maximum atomic E-state index is 7.13. The summed E-state index contributed by atoms with van der Waals surface area (Å²) in [5.74, 6) is 3.99. The van der Waals surface area contributed by atoms with Crippen molar-refractivity contribution in [2.45, 2.75) is 51.9 Å². The minimum atomic E-state index is 0. The van der Waals surface area contributed by atoms with Crippen molar-refractivity contribution in [3.8, 4) is 0 Å². The average molecular weight is 993 g/mol. The summed E-state index contributed by atoms with van der Waals surface area (Å²) in [6, 6.07) is 0. The average Bonchev–Trinajstić information content (AvgIpc) is 4.07. The smallest absolute Gasteiger partial charge is 0.753 e. The number of rotatable bonds is 24. The maximum absolute atomic E-state index is 7.13. The predicted molar refractivity (Wildman–Crippen MR) is 247 cm³/mol. The minimum Gasteiger partial charge on any atom is -0.753 e. The van der Waals surface area contributed by atoms with Crippen LogP contribution in [0.5, 0.6) is 0 Å². The van der Waals surface area contributed by atoms with Crippen molar-refractivity contribution in [2.75, 3.05) is 73.6 Å². The zero-order valence-corrected chi connectivity index (χ0v) is 39.4. The summed E-state index contributed by atoms with van der Waals surface area (Å²) in [7, 11) is 5.36. The van der Waals surface area contributed by atoms with Crippen molar-refractivity contribution in [3.63, 3.8) is 0 Å². The van der Waals surface area contributed by atoms with Gasteiger partial charge in [-0.1, -0.05) is 48.9 Å². The third kappa shape index (κ3) is 49.1. The molecular weight excluding hydrogens is 934 g/mol. The molecule has 0 fully saturated rings. The molecule has 4 rings (SSSR count). The van der Waals surface area contributed by atoms with E-state index in [-0.39, 0.29) is 33.0 Å². The summed E-state index contributed by atoms with van der Waals surface area (Å²) >= 11 is 14.8. The van der Waals surface area contributed by atoms with Crippen molar-refractivity contribution in [1.29, 1.82) is 0 Å². The van der Waals surface area contributed by atoms with Gasteiger partial charge in [0.05, 0.1) is 26.2 Å². The molecule has 0 radical (unpaired) electrons. The third-order valence-corrected chi connectivity index (χ3v) is 6.96. The molecule has 0 atom stereocenters. The van der Waals surface area contributed by atoms with Crippen molar-refractivity contribution < 1.29 is 38.1 Å². The summed E-state index contributed by atoms with van der Waals surface area (Å²) in [5.41, 5.74) is 0. The first kappa shape index (κ1) is 65.9. The van der Waals surface area contributed by atoms with Crippen molar-refractivity contribution in [3.05, 3.63) is 94.5 Å². The van der Waals surface area contributed by atoms with E-state index in [0.29, 0.717) is 0 Å². The Kier molecular flexibility index (Phi) is 61.2. The van der Waals surface area contributed by atoms with Crippen molar-refractivity contribution in [2.24, 2.45) is 0 Å². The number of hydrogen-bond acceptors (Lipinski definition) is 15. The van der Waals surface area contributed by atoms with Crippen LogP contribution in [0.4, 0.5) is 0 Å². The number of nitrogens with zero attached hydrogens (tertiary/aromatic N) is 10. The van der Waals surface area contributed by atoms with Gasteiger partial charge in [-0.25, -0.2) is 19.9 Å². The molecule has 0 amide bonds. The fourth-order valence-electron chi connectivity index (χ4n) is 4.53. The molecule has 0 aliphatic rings. The Balaban J connectivity index is -0.000000251. The molecule has 4 aromatic heterocycles. The largest absolute Gasteiger partial charge is 2.00 e. The fraction of sp³-hybridized carbons (Fsp3) is 0.543. The SMILES string of the molecule is CN(CCCNCc1ncc[nH]1)CCCNCc1ncc[nH]1.CN(CCCNCc1ncc[nH]1)CCCNCc1ncc[nH]1.CO.[N-]=C=S.[N-]=C=S.[N-]=C=S.[N-]=C=S.[Ni+2].[Ni+2]. The Morgan fingerprint density at radius 1 is 0.483 bits per heavy atom. The van der Waals surface area contributed by atoms with Crippen LogP contribution in [0.15, 0.2) is 49.6 Å². The normalized spacial score (nSPS) is 8.97. The first-order chi connectivity index (χ1) is 28.3. The second-order valence-corrected chi connectivity index (χ2v) is 12.0. The van der Waals surface area contributed by atoms with Crippen LogP contribution in [0.2, 0.25) is 0 Å². The summed E-state index contributed by atoms with van der Waals surface area (Å²) in [6.07, 6.45) is 19.1. The standard InChI is InChI=1S/2C15H27N7.4CNS.CH4O.2Ni/c2*1-22(10-2-4-16-12-14-18-6-7-19-14)11-3-5-17-13-15-20-8-9-21-15;4*2-1-3;1-2;;/h2*6-9,16-17H,2-5,10-13H2,1H3,(H,18,19)(H,20,21);;;;;2H,1H3;;/q;;4*-1;;2*+2. The number of isothiocyanates is 4. The van der Waals surface area contributed by atoms with Crippen molar-refractivity contribution in [1.82, 2.24) is 70.9 Å². The molecule has 0 unspecified atom stereocenters. The number of aliphatic hydroxyl groups excluding tert-OH is 1. The third-order valence-electron chi connectivity index (χ3n) is 6.96. The summed E-state index contributed by atoms with van der Waals surface area (Å²) < 4.78 is 0. The van der Waals surface area contributed by atoms with Crippen LogP contribution in [0.1, 0.15) is 49.0 Å². The predicted octanol–water partition coefficient (Wildman–Crippen LogP) is 3.69. The van der Waals surface area contributed by atoms with Crippen LogP contribution in [0.3, 0.4) is 0 Å². The van der Waals surface area contributed by atoms with E-state index in [4.69, 9.17) is 26.7 Å². The summed E-state index contributed by atoms with van der Waals surface area (Å²) in [4.78, 5) is 33.8. The van der Waals surface area contributed by atoms with Gasteiger partial charge in [0.1, 0.15) is 23.3 Å². The molecule has 0 spiro atoms. The zero-order valence-electron chi connectivity index (χ0n) is 34.1. The molecule has 60 heavy (non-hydrogen) atoms. The molecule has 4 heterocycles. The van der Waals surface area contributed by atoms with Gasteiger partial charge >= 0.3 is 33.0 Å². The molecular formula is C35H58N18Ni2OS4. The molecule has 19 nitrogen and oxygen atoms in total. The Morgan fingerprint density at radius 3 is 0.817 bits per heavy atom. The van der Waals surface area contributed by atoms with Crippen LogP contribution >= 0.6 is 48.9 Å². The number of nitrogens with one attached hydrogen (secondary N) is 8. The molecule has 9 N–H and O–H groups in total. The van der Waals surface area contributed by atoms with Gasteiger partial charge in [0.2, 0.25) is 0 Å². The molecule has 0 saturated heterocycles. The Hall–Kier alpha value is -3.25. The maximum Gasteiger partial charge on any atom is 2.00 e. The van der Waals surface area contributed by atoms with Crippen molar-refractivity contribution >= 4 is 69.5 Å². The molecule has 4 aromatic rings. The first-order valence-electron chi connectivity index (χ1n) is 18.0. The molecule has 0 saturated carbocycles. The van der Waals surface area contributed by atoms with Gasteiger partial charge in [-0.15, -0.1) is 0 Å². The van der Waals surface area contributed by atoms with E-state index in [1.807, 2.05) is 24.8 Å². The van der Waals surface area contributed by atoms with Gasteiger partial charge in [-0.2, -0.15) is 20.6 Å². The molecule has 0 aliphatic heterocycles. The number of aromatic nitrogens is 8. The molecule has 0 aliphatic carbocycles. The van der Waals surface area contributed by atoms with Crippen LogP contribution < -0.4 is 21.3 Å². The van der Waals surface area contributed by atoms with Crippen LogP contribution in [-0.4, -0.2) is 149 Å². The second-order valence-electron chi connectivity index (χ2n) is 11.2. The number of thiocarbonyl (C=S) groups is 4. The van der Waals surface area contributed by atoms with Crippen LogP contribution in [0, 0.1) is 0 Å². The van der Waals surface area contributed by atoms with Gasteiger partial charge in [0.15, 0.2) is 0 Å². The van der Waals surface area contributed by atoms with E-state index in [1.165, 1.54) is 20.6 Å². The minimum absolute atomic E-state index is 0. The zero-order chi connectivity index (χ0) is 43.7. The number of aliphatic hydroxyl groups is 1. The molecule has 25 heteroatoms. The van der Waals surface area contributed by atoms with E-state index in [0.717, 1.165) is 135 Å². The molecule has 0 bridgehead atoms. The molecule has 0 aromatic carbocycles. The monoisotopic (exact) mass is 990 g/mol. The van der Waals surface area contributed by atoms with E-state index in [9.17, 15) is 0 Å². The van der Waals surface area contributed by atoms with Crippen LogP contribution in [0.25, 0.3) is 21.6 Å². The van der Waals surface area contributed by atoms with E-state index >= 15 is 0 Å². The number of aromatic amines is 4. The number of H-pyrrole nitrogens is 4. The summed E-state index contributed by atoms with van der Waals surface area (Å²) in [5, 5.41) is 54.4. The van der Waals surface area contributed by atoms with E-state index in [2.05, 4.69) is 134 Å². The Bertz CT molecular complexity index is 1290. The molecule has 338 valence electrons. The summed E-state index contributed by atoms with van der Waals surface area (Å²) in [6.45, 7) is 11.8. The van der Waals surface area contributed by atoms with Gasteiger partial charge in [0, 0.05) is 56.7 Å². The number of imidazole rings is 4. The quantitative estimate of drug-likeness (QED) is 0.0210. The van der Waals surface area contributed by atoms with Crippen LogP contribution in [-0.2, 0) is 59.2 Å². The number of hydrogen-bond donors (Lipinski definition) is 9. The van der Waals surface area contributed by atoms with E-state index < -0.39 is 0 Å². The second kappa shape index (κ2) is 55.7. The Morgan fingerprint density at radius 2 is 0.667 bits per heavy atom.